The predicted octanol–water partition coefficient (Wildman–Crippen LogP) is 4.37. The molecule has 6 nitrogen and oxygen atoms in total. The SMILES string of the molecule is CCc1ccc(N2C(=O)CC(N(Cc3ccc(OC)cc3)C(=O)c3cccc(F)c3)C2=O)cc1. The van der Waals surface area contributed by atoms with Gasteiger partial charge in [0.05, 0.1) is 19.2 Å². The molecule has 3 aromatic rings. The van der Waals surface area contributed by atoms with Gasteiger partial charge in [0.1, 0.15) is 17.6 Å². The Bertz CT molecular complexity index is 1210. The highest BCUT2D eigenvalue weighted by atomic mass is 19.1. The topological polar surface area (TPSA) is 66.9 Å². The number of hydrogen-bond donors (Lipinski definition) is 0. The lowest BCUT2D eigenvalue weighted by Gasteiger charge is -2.28. The van der Waals surface area contributed by atoms with Crippen molar-refractivity contribution in [2.75, 3.05) is 12.0 Å². The van der Waals surface area contributed by atoms with Crippen LogP contribution < -0.4 is 9.64 Å². The summed E-state index contributed by atoms with van der Waals surface area (Å²) in [6.45, 7) is 2.10. The minimum atomic E-state index is -1.00. The normalized spacial score (nSPS) is 15.5. The summed E-state index contributed by atoms with van der Waals surface area (Å²) in [6.07, 6.45) is 0.689. The molecule has 7 heteroatoms. The van der Waals surface area contributed by atoms with Gasteiger partial charge in [-0.05, 0) is 60.0 Å². The third kappa shape index (κ3) is 4.69. The molecule has 1 unspecified atom stereocenters. The van der Waals surface area contributed by atoms with E-state index in [4.69, 9.17) is 4.74 Å². The highest BCUT2D eigenvalue weighted by Gasteiger charge is 2.44. The molecule has 34 heavy (non-hydrogen) atoms. The highest BCUT2D eigenvalue weighted by molar-refractivity contribution is 6.23. The van der Waals surface area contributed by atoms with E-state index in [0.29, 0.717) is 11.4 Å². The van der Waals surface area contributed by atoms with Crippen molar-refractivity contribution in [1.29, 1.82) is 0 Å². The molecule has 0 aromatic heterocycles. The lowest BCUT2D eigenvalue weighted by Crippen LogP contribution is -2.45. The largest absolute Gasteiger partial charge is 0.497 e. The van der Waals surface area contributed by atoms with E-state index in [9.17, 15) is 18.8 Å². The number of ether oxygens (including phenoxy) is 1. The van der Waals surface area contributed by atoms with E-state index in [-0.39, 0.29) is 24.4 Å². The minimum Gasteiger partial charge on any atom is -0.497 e. The Morgan fingerprint density at radius 2 is 1.71 bits per heavy atom. The van der Waals surface area contributed by atoms with Crippen LogP contribution in [0.1, 0.15) is 34.8 Å². The first-order valence-corrected chi connectivity index (χ1v) is 11.1. The van der Waals surface area contributed by atoms with Gasteiger partial charge in [-0.15, -0.1) is 0 Å². The van der Waals surface area contributed by atoms with Crippen LogP contribution in [0.4, 0.5) is 10.1 Å². The van der Waals surface area contributed by atoms with Crippen LogP contribution >= 0.6 is 0 Å². The van der Waals surface area contributed by atoms with Crippen LogP contribution in [0, 0.1) is 5.82 Å². The Hall–Kier alpha value is -4.00. The molecule has 1 aliphatic rings. The molecule has 1 saturated heterocycles. The fraction of sp³-hybridized carbons (Fsp3) is 0.222. The van der Waals surface area contributed by atoms with Gasteiger partial charge in [0.25, 0.3) is 11.8 Å². The Kier molecular flexibility index (Phi) is 6.72. The zero-order chi connectivity index (χ0) is 24.2. The number of nitrogens with zero attached hydrogens (tertiary/aromatic N) is 2. The van der Waals surface area contributed by atoms with Crippen LogP contribution in [-0.2, 0) is 22.6 Å². The first kappa shape index (κ1) is 23.2. The number of anilines is 1. The molecular formula is C27H25FN2O4. The average Bonchev–Trinajstić information content (AvgIpc) is 3.15. The Morgan fingerprint density at radius 3 is 2.32 bits per heavy atom. The van der Waals surface area contributed by atoms with Crippen LogP contribution in [-0.4, -0.2) is 35.8 Å². The van der Waals surface area contributed by atoms with E-state index >= 15 is 0 Å². The van der Waals surface area contributed by atoms with Crippen molar-refractivity contribution >= 4 is 23.4 Å². The number of benzene rings is 3. The van der Waals surface area contributed by atoms with Crippen LogP contribution in [0.5, 0.6) is 5.75 Å². The molecule has 1 fully saturated rings. The molecule has 0 bridgehead atoms. The number of methoxy groups -OCH3 is 1. The van der Waals surface area contributed by atoms with Crippen LogP contribution in [0.25, 0.3) is 0 Å². The van der Waals surface area contributed by atoms with Crippen LogP contribution in [0.2, 0.25) is 0 Å². The van der Waals surface area contributed by atoms with Crippen molar-refractivity contribution in [3.8, 4) is 5.75 Å². The van der Waals surface area contributed by atoms with E-state index < -0.39 is 23.7 Å². The number of aryl methyl sites for hydroxylation is 1. The lowest BCUT2D eigenvalue weighted by atomic mass is 10.1. The van der Waals surface area contributed by atoms with Crippen molar-refractivity contribution in [3.05, 3.63) is 95.3 Å². The summed E-state index contributed by atoms with van der Waals surface area (Å²) in [6, 6.07) is 18.6. The van der Waals surface area contributed by atoms with Gasteiger partial charge in [0.15, 0.2) is 0 Å². The monoisotopic (exact) mass is 460 g/mol. The van der Waals surface area contributed by atoms with Crippen molar-refractivity contribution < 1.29 is 23.5 Å². The molecule has 174 valence electrons. The van der Waals surface area contributed by atoms with Gasteiger partial charge >= 0.3 is 0 Å². The van der Waals surface area contributed by atoms with E-state index in [1.54, 1.807) is 43.5 Å². The summed E-state index contributed by atoms with van der Waals surface area (Å²) in [4.78, 5) is 42.2. The average molecular weight is 461 g/mol. The van der Waals surface area contributed by atoms with E-state index in [0.717, 1.165) is 28.5 Å². The molecule has 3 aromatic carbocycles. The maximum Gasteiger partial charge on any atom is 0.257 e. The molecule has 1 heterocycles. The zero-order valence-electron chi connectivity index (χ0n) is 19.0. The van der Waals surface area contributed by atoms with Gasteiger partial charge in [-0.3, -0.25) is 14.4 Å². The Labute approximate surface area is 197 Å². The maximum absolute atomic E-state index is 13.8. The standard InChI is InChI=1S/C27H25FN2O4/c1-3-18-7-11-22(12-8-18)30-25(31)16-24(27(30)33)29(17-19-9-13-23(34-2)14-10-19)26(32)20-5-4-6-21(28)15-20/h4-15,24H,3,16-17H2,1-2H3. The second-order valence-corrected chi connectivity index (χ2v) is 8.10. The summed E-state index contributed by atoms with van der Waals surface area (Å²) >= 11 is 0. The molecule has 4 rings (SSSR count). The fourth-order valence-electron chi connectivity index (χ4n) is 4.05. The van der Waals surface area contributed by atoms with Gasteiger partial charge in [0.2, 0.25) is 5.91 Å². The molecule has 0 N–H and O–H groups in total. The van der Waals surface area contributed by atoms with Crippen molar-refractivity contribution in [2.45, 2.75) is 32.4 Å². The fourth-order valence-corrected chi connectivity index (χ4v) is 4.05. The molecule has 0 radical (unpaired) electrons. The maximum atomic E-state index is 13.8. The van der Waals surface area contributed by atoms with Gasteiger partial charge in [0, 0.05) is 12.1 Å². The summed E-state index contributed by atoms with van der Waals surface area (Å²) in [5.74, 6) is -1.29. The molecule has 0 aliphatic carbocycles. The third-order valence-corrected chi connectivity index (χ3v) is 5.95. The number of hydrogen-bond acceptors (Lipinski definition) is 4. The molecule has 0 saturated carbocycles. The number of carbonyl (C=O) groups excluding carboxylic acids is 3. The minimum absolute atomic E-state index is 0.0750. The van der Waals surface area contributed by atoms with E-state index in [2.05, 4.69) is 0 Å². The number of halogens is 1. The molecule has 3 amide bonds. The number of rotatable bonds is 7. The van der Waals surface area contributed by atoms with Gasteiger partial charge < -0.3 is 9.64 Å². The van der Waals surface area contributed by atoms with Crippen molar-refractivity contribution in [3.63, 3.8) is 0 Å². The molecule has 0 spiro atoms. The second-order valence-electron chi connectivity index (χ2n) is 8.10. The van der Waals surface area contributed by atoms with Crippen LogP contribution in [0.15, 0.2) is 72.8 Å². The van der Waals surface area contributed by atoms with Crippen molar-refractivity contribution in [2.24, 2.45) is 0 Å². The third-order valence-electron chi connectivity index (χ3n) is 5.95. The predicted molar refractivity (Wildman–Crippen MR) is 126 cm³/mol. The first-order chi connectivity index (χ1) is 16.4. The van der Waals surface area contributed by atoms with E-state index in [1.807, 2.05) is 19.1 Å². The highest BCUT2D eigenvalue weighted by Crippen LogP contribution is 2.28. The van der Waals surface area contributed by atoms with Gasteiger partial charge in [-0.1, -0.05) is 37.3 Å². The first-order valence-electron chi connectivity index (χ1n) is 11.1. The van der Waals surface area contributed by atoms with Crippen molar-refractivity contribution in [1.82, 2.24) is 4.90 Å². The summed E-state index contributed by atoms with van der Waals surface area (Å²) in [7, 11) is 1.55. The Morgan fingerprint density at radius 1 is 1.03 bits per heavy atom. The second kappa shape index (κ2) is 9.87. The van der Waals surface area contributed by atoms with Crippen LogP contribution in [0.3, 0.4) is 0 Å². The molecule has 1 atom stereocenters. The summed E-state index contributed by atoms with van der Waals surface area (Å²) in [5, 5.41) is 0. The van der Waals surface area contributed by atoms with Gasteiger partial charge in [-0.25, -0.2) is 9.29 Å². The van der Waals surface area contributed by atoms with E-state index in [1.165, 1.54) is 23.1 Å². The Balaban J connectivity index is 1.67. The number of amides is 3. The summed E-state index contributed by atoms with van der Waals surface area (Å²) < 4.78 is 19.0. The zero-order valence-corrected chi connectivity index (χ0v) is 19.0. The molecular weight excluding hydrogens is 435 g/mol. The quantitative estimate of drug-likeness (QED) is 0.491. The molecule has 1 aliphatic heterocycles. The lowest BCUT2D eigenvalue weighted by molar-refractivity contribution is -0.122. The smallest absolute Gasteiger partial charge is 0.257 e. The number of imide groups is 1. The van der Waals surface area contributed by atoms with Gasteiger partial charge in [-0.2, -0.15) is 0 Å². The summed E-state index contributed by atoms with van der Waals surface area (Å²) in [5.41, 5.74) is 2.41. The number of carbonyl (C=O) groups is 3.